The molecule has 3 N–H and O–H groups in total. The van der Waals surface area contributed by atoms with Gasteiger partial charge in [0, 0.05) is 35.2 Å². The van der Waals surface area contributed by atoms with Gasteiger partial charge in [0.05, 0.1) is 11.4 Å². The molecule has 0 aliphatic heterocycles. The van der Waals surface area contributed by atoms with Gasteiger partial charge >= 0.3 is 6.03 Å². The van der Waals surface area contributed by atoms with Gasteiger partial charge in [0.25, 0.3) is 0 Å². The molecule has 29 heavy (non-hydrogen) atoms. The highest BCUT2D eigenvalue weighted by Gasteiger charge is 2.30. The van der Waals surface area contributed by atoms with Crippen LogP contribution in [0.5, 0.6) is 5.75 Å². The number of amides is 2. The first-order valence-electron chi connectivity index (χ1n) is 10.5. The normalized spacial score (nSPS) is 16.9. The molecule has 7 nitrogen and oxygen atoms in total. The highest BCUT2D eigenvalue weighted by atomic mass is 16.3. The molecule has 0 saturated heterocycles. The molecule has 7 heteroatoms. The summed E-state index contributed by atoms with van der Waals surface area (Å²) in [6.45, 7) is 3.83. The van der Waals surface area contributed by atoms with E-state index in [4.69, 9.17) is 0 Å². The Morgan fingerprint density at radius 3 is 2.48 bits per heavy atom. The third-order valence-electron chi connectivity index (χ3n) is 5.60. The third kappa shape index (κ3) is 4.28. The quantitative estimate of drug-likeness (QED) is 0.705. The van der Waals surface area contributed by atoms with Crippen LogP contribution in [-0.4, -0.2) is 32.9 Å². The SMILES string of the molecule is CC(C)NC(=O)n1nc(-c2ccc(NC(=O)C3CC3)cc2O)cc1C1CCCC1. The minimum Gasteiger partial charge on any atom is -0.507 e. The Kier molecular flexibility index (Phi) is 5.30. The maximum Gasteiger partial charge on any atom is 0.342 e. The fourth-order valence-corrected chi connectivity index (χ4v) is 3.93. The van der Waals surface area contributed by atoms with E-state index in [1.165, 1.54) is 10.7 Å². The van der Waals surface area contributed by atoms with Crippen molar-refractivity contribution < 1.29 is 14.7 Å². The van der Waals surface area contributed by atoms with Gasteiger partial charge in [-0.1, -0.05) is 12.8 Å². The number of phenols is 1. The molecule has 1 aromatic heterocycles. The molecule has 2 aromatic rings. The highest BCUT2D eigenvalue weighted by molar-refractivity contribution is 5.94. The second-order valence-electron chi connectivity index (χ2n) is 8.45. The Morgan fingerprint density at radius 2 is 1.86 bits per heavy atom. The Labute approximate surface area is 170 Å². The number of aromatic nitrogens is 2. The molecule has 4 rings (SSSR count). The number of aromatic hydroxyl groups is 1. The minimum absolute atomic E-state index is 0.00435. The maximum absolute atomic E-state index is 12.7. The fourth-order valence-electron chi connectivity index (χ4n) is 3.93. The van der Waals surface area contributed by atoms with E-state index in [1.54, 1.807) is 12.1 Å². The zero-order valence-corrected chi connectivity index (χ0v) is 16.9. The van der Waals surface area contributed by atoms with E-state index in [-0.39, 0.29) is 29.6 Å². The fraction of sp³-hybridized carbons (Fsp3) is 0.500. The third-order valence-corrected chi connectivity index (χ3v) is 5.60. The Bertz CT molecular complexity index is 924. The van der Waals surface area contributed by atoms with Gasteiger partial charge in [0.15, 0.2) is 0 Å². The number of hydrogen-bond acceptors (Lipinski definition) is 4. The van der Waals surface area contributed by atoms with E-state index >= 15 is 0 Å². The average Bonchev–Trinajstić information content (AvgIpc) is 3.20. The van der Waals surface area contributed by atoms with E-state index in [9.17, 15) is 14.7 Å². The Balaban J connectivity index is 1.63. The first-order chi connectivity index (χ1) is 13.9. The number of phenolic OH excluding ortho intramolecular Hbond substituents is 1. The molecule has 1 heterocycles. The summed E-state index contributed by atoms with van der Waals surface area (Å²) >= 11 is 0. The van der Waals surface area contributed by atoms with Gasteiger partial charge in [-0.3, -0.25) is 4.79 Å². The molecule has 1 aromatic carbocycles. The van der Waals surface area contributed by atoms with Gasteiger partial charge in [-0.15, -0.1) is 0 Å². The van der Waals surface area contributed by atoms with Gasteiger partial charge in [-0.2, -0.15) is 9.78 Å². The van der Waals surface area contributed by atoms with Crippen LogP contribution in [0.4, 0.5) is 10.5 Å². The van der Waals surface area contributed by atoms with E-state index in [1.807, 2.05) is 19.9 Å². The molecule has 0 spiro atoms. The molecule has 154 valence electrons. The summed E-state index contributed by atoms with van der Waals surface area (Å²) < 4.78 is 1.45. The maximum atomic E-state index is 12.7. The summed E-state index contributed by atoms with van der Waals surface area (Å²) in [6.07, 6.45) is 6.23. The predicted octanol–water partition coefficient (Wildman–Crippen LogP) is 4.23. The highest BCUT2D eigenvalue weighted by Crippen LogP contribution is 2.38. The van der Waals surface area contributed by atoms with Crippen molar-refractivity contribution in [3.05, 3.63) is 30.0 Å². The van der Waals surface area contributed by atoms with Crippen LogP contribution in [0.2, 0.25) is 0 Å². The van der Waals surface area contributed by atoms with Gasteiger partial charge in [0.1, 0.15) is 5.75 Å². The zero-order valence-electron chi connectivity index (χ0n) is 16.9. The first-order valence-corrected chi connectivity index (χ1v) is 10.5. The van der Waals surface area contributed by atoms with Gasteiger partial charge < -0.3 is 15.7 Å². The molecular weight excluding hydrogens is 368 g/mol. The van der Waals surface area contributed by atoms with Crippen LogP contribution < -0.4 is 10.6 Å². The van der Waals surface area contributed by atoms with E-state index in [0.29, 0.717) is 22.9 Å². The summed E-state index contributed by atoms with van der Waals surface area (Å²) in [5.74, 6) is 0.426. The molecule has 0 unspecified atom stereocenters. The first kappa shape index (κ1) is 19.5. The van der Waals surface area contributed by atoms with Gasteiger partial charge in [-0.25, -0.2) is 4.79 Å². The molecule has 0 radical (unpaired) electrons. The summed E-state index contributed by atoms with van der Waals surface area (Å²) in [7, 11) is 0. The predicted molar refractivity (Wildman–Crippen MR) is 111 cm³/mol. The number of anilines is 1. The van der Waals surface area contributed by atoms with Gasteiger partial charge in [0.2, 0.25) is 5.91 Å². The van der Waals surface area contributed by atoms with Crippen molar-refractivity contribution in [2.75, 3.05) is 5.32 Å². The van der Waals surface area contributed by atoms with Crippen LogP contribution in [0.15, 0.2) is 24.3 Å². The van der Waals surface area contributed by atoms with E-state index in [2.05, 4.69) is 15.7 Å². The minimum atomic E-state index is -0.249. The topological polar surface area (TPSA) is 96.3 Å². The smallest absolute Gasteiger partial charge is 0.342 e. The van der Waals surface area contributed by atoms with Crippen molar-refractivity contribution in [3.8, 4) is 17.0 Å². The molecule has 0 bridgehead atoms. The lowest BCUT2D eigenvalue weighted by Crippen LogP contribution is -2.35. The van der Waals surface area contributed by atoms with Crippen molar-refractivity contribution in [2.45, 2.75) is 64.3 Å². The molecule has 2 amide bonds. The molecule has 2 aliphatic carbocycles. The number of benzene rings is 1. The lowest BCUT2D eigenvalue weighted by atomic mass is 10.0. The number of nitrogens with zero attached hydrogens (tertiary/aromatic N) is 2. The monoisotopic (exact) mass is 396 g/mol. The second-order valence-corrected chi connectivity index (χ2v) is 8.45. The number of hydrogen-bond donors (Lipinski definition) is 3. The summed E-state index contributed by atoms with van der Waals surface area (Å²) in [5.41, 5.74) is 2.56. The largest absolute Gasteiger partial charge is 0.507 e. The summed E-state index contributed by atoms with van der Waals surface area (Å²) in [6, 6.07) is 6.71. The van der Waals surface area contributed by atoms with Crippen LogP contribution in [0, 0.1) is 5.92 Å². The van der Waals surface area contributed by atoms with E-state index in [0.717, 1.165) is 44.2 Å². The standard InChI is InChI=1S/C22H28N4O3/c1-13(2)23-22(29)26-19(14-5-3-4-6-14)12-18(25-26)17-10-9-16(11-20(17)27)24-21(28)15-7-8-15/h9-15,27H,3-8H2,1-2H3,(H,23,29)(H,24,28). The van der Waals surface area contributed by atoms with Crippen LogP contribution in [0.1, 0.15) is 64.0 Å². The number of rotatable bonds is 5. The molecule has 0 atom stereocenters. The van der Waals surface area contributed by atoms with E-state index < -0.39 is 0 Å². The van der Waals surface area contributed by atoms with Crippen LogP contribution in [0.25, 0.3) is 11.3 Å². The van der Waals surface area contributed by atoms with Crippen LogP contribution in [-0.2, 0) is 4.79 Å². The molecule has 2 fully saturated rings. The molecule has 2 aliphatic rings. The number of nitrogens with one attached hydrogen (secondary N) is 2. The lowest BCUT2D eigenvalue weighted by molar-refractivity contribution is -0.117. The number of carbonyl (C=O) groups is 2. The molecule has 2 saturated carbocycles. The van der Waals surface area contributed by atoms with Crippen molar-refractivity contribution >= 4 is 17.6 Å². The molecular formula is C22H28N4O3. The van der Waals surface area contributed by atoms with Gasteiger partial charge in [-0.05, 0) is 57.7 Å². The Morgan fingerprint density at radius 1 is 1.14 bits per heavy atom. The number of carbonyl (C=O) groups excluding carboxylic acids is 2. The van der Waals surface area contributed by atoms with Crippen molar-refractivity contribution in [2.24, 2.45) is 5.92 Å². The van der Waals surface area contributed by atoms with Crippen LogP contribution >= 0.6 is 0 Å². The Hall–Kier alpha value is -2.83. The summed E-state index contributed by atoms with van der Waals surface area (Å²) in [5, 5.41) is 20.8. The average molecular weight is 396 g/mol. The second kappa shape index (κ2) is 7.89. The van der Waals surface area contributed by atoms with Crippen molar-refractivity contribution in [1.29, 1.82) is 0 Å². The summed E-state index contributed by atoms with van der Waals surface area (Å²) in [4.78, 5) is 24.6. The van der Waals surface area contributed by atoms with Crippen molar-refractivity contribution in [3.63, 3.8) is 0 Å². The lowest BCUT2D eigenvalue weighted by Gasteiger charge is -2.13. The zero-order chi connectivity index (χ0) is 20.5. The van der Waals surface area contributed by atoms with Crippen molar-refractivity contribution in [1.82, 2.24) is 15.1 Å². The van der Waals surface area contributed by atoms with Crippen LogP contribution in [0.3, 0.4) is 0 Å².